The monoisotopic (exact) mass is 675 g/mol. The Kier molecular flexibility index (Phi) is 13.1. The van der Waals surface area contributed by atoms with Crippen molar-refractivity contribution in [1.29, 1.82) is 0 Å². The quantitative estimate of drug-likeness (QED) is 0.0957. The number of benzene rings is 3. The van der Waals surface area contributed by atoms with Gasteiger partial charge in [-0.2, -0.15) is 0 Å². The Morgan fingerprint density at radius 3 is 2.27 bits per heavy atom. The lowest BCUT2D eigenvalue weighted by atomic mass is 10.0. The minimum absolute atomic E-state index is 0.0567. The zero-order chi connectivity index (χ0) is 34.8. The summed E-state index contributed by atoms with van der Waals surface area (Å²) in [4.78, 5) is 41.7. The van der Waals surface area contributed by atoms with E-state index in [-0.39, 0.29) is 24.4 Å². The first-order valence-electron chi connectivity index (χ1n) is 16.2. The first kappa shape index (κ1) is 36.6. The van der Waals surface area contributed by atoms with Crippen molar-refractivity contribution >= 4 is 29.5 Å². The van der Waals surface area contributed by atoms with Crippen LogP contribution in [0.25, 0.3) is 10.4 Å². The number of aryl methyl sites for hydroxylation is 2. The van der Waals surface area contributed by atoms with E-state index in [4.69, 9.17) is 10.5 Å². The smallest absolute Gasteiger partial charge is 0.338 e. The van der Waals surface area contributed by atoms with Crippen molar-refractivity contribution in [1.82, 2.24) is 10.2 Å². The largest absolute Gasteiger partial charge is 0.456 e. The molecule has 0 saturated carbocycles. The van der Waals surface area contributed by atoms with Gasteiger partial charge in [-0.3, -0.25) is 9.59 Å². The number of thiophene rings is 1. The Hall–Kier alpha value is -4.25. The summed E-state index contributed by atoms with van der Waals surface area (Å²) in [6, 6.07) is 17.2. The van der Waals surface area contributed by atoms with Gasteiger partial charge >= 0.3 is 5.97 Å². The molecular weight excluding hydrogens is 632 g/mol. The Morgan fingerprint density at radius 1 is 0.938 bits per heavy atom. The molecule has 1 aromatic heterocycles. The molecule has 4 aromatic rings. The molecule has 1 heterocycles. The Labute approximate surface area is 285 Å². The number of aldehydes is 1. The van der Waals surface area contributed by atoms with Crippen LogP contribution in [0.1, 0.15) is 79.3 Å². The van der Waals surface area contributed by atoms with Gasteiger partial charge in [0.1, 0.15) is 17.7 Å². The van der Waals surface area contributed by atoms with Crippen LogP contribution < -0.4 is 11.1 Å². The zero-order valence-corrected chi connectivity index (χ0v) is 28.7. The highest BCUT2D eigenvalue weighted by molar-refractivity contribution is 7.17. The molecule has 0 bridgehead atoms. The standard InChI is InChI=1S/C38H43F2N3O4S/c1-5-10-43(11-6-2)37(45)29-12-24(3)13-30(19-29)38(46)47-34(33(41)18-27-16-31(39)20-32(40)17-27)22-42-21-26-8-7-9-28(15-26)35-14-25(4)36(23-44)48-35/h7-9,12-17,19-20,23,33-34,42H,5-6,10-11,18,21-22,41H2,1-4H3/t33-,34+/m0/s1. The van der Waals surface area contributed by atoms with Gasteiger partial charge in [-0.15, -0.1) is 11.3 Å². The summed E-state index contributed by atoms with van der Waals surface area (Å²) in [7, 11) is 0. The van der Waals surface area contributed by atoms with E-state index in [1.807, 2.05) is 58.0 Å². The third kappa shape index (κ3) is 9.88. The first-order valence-corrected chi connectivity index (χ1v) is 17.0. The number of carbonyl (C=O) groups is 3. The van der Waals surface area contributed by atoms with Crippen molar-refractivity contribution in [2.24, 2.45) is 5.73 Å². The highest BCUT2D eigenvalue weighted by Gasteiger charge is 2.25. The summed E-state index contributed by atoms with van der Waals surface area (Å²) in [5, 5.41) is 3.32. The summed E-state index contributed by atoms with van der Waals surface area (Å²) in [5.74, 6) is -2.25. The maximum atomic E-state index is 14.0. The van der Waals surface area contributed by atoms with Crippen LogP contribution in [-0.4, -0.2) is 54.8 Å². The van der Waals surface area contributed by atoms with Crippen LogP contribution >= 0.6 is 11.3 Å². The van der Waals surface area contributed by atoms with Gasteiger partial charge in [0.25, 0.3) is 5.91 Å². The van der Waals surface area contributed by atoms with E-state index in [2.05, 4.69) is 5.32 Å². The second kappa shape index (κ2) is 17.2. The number of rotatable bonds is 16. The second-order valence-corrected chi connectivity index (χ2v) is 13.2. The summed E-state index contributed by atoms with van der Waals surface area (Å²) < 4.78 is 33.9. The SMILES string of the molecule is CCCN(CCC)C(=O)c1cc(C)cc(C(=O)O[C@H](CNCc2cccc(-c3cc(C)c(C=O)s3)c2)[C@@H](N)Cc2cc(F)cc(F)c2)c1. The first-order chi connectivity index (χ1) is 23.0. The third-order valence-corrected chi connectivity index (χ3v) is 9.12. The number of nitrogens with one attached hydrogen (secondary N) is 1. The van der Waals surface area contributed by atoms with Crippen molar-refractivity contribution in [2.75, 3.05) is 19.6 Å². The maximum Gasteiger partial charge on any atom is 0.338 e. The molecule has 3 N–H and O–H groups in total. The number of carbonyl (C=O) groups excluding carboxylic acids is 3. The second-order valence-electron chi connectivity index (χ2n) is 12.1. The minimum atomic E-state index is -0.876. The molecule has 0 aliphatic carbocycles. The van der Waals surface area contributed by atoms with Gasteiger partial charge in [-0.05, 0) is 103 Å². The molecular formula is C38H43F2N3O4S. The van der Waals surface area contributed by atoms with Gasteiger partial charge in [-0.1, -0.05) is 32.0 Å². The lowest BCUT2D eigenvalue weighted by Crippen LogP contribution is -2.46. The Bertz CT molecular complexity index is 1710. The van der Waals surface area contributed by atoms with Gasteiger partial charge in [0.15, 0.2) is 6.29 Å². The van der Waals surface area contributed by atoms with Crippen molar-refractivity contribution in [3.8, 4) is 10.4 Å². The predicted molar refractivity (Wildman–Crippen MR) is 186 cm³/mol. The summed E-state index contributed by atoms with van der Waals surface area (Å²) in [6.45, 7) is 9.53. The number of ether oxygens (including phenoxy) is 1. The number of halogens is 2. The molecule has 0 aliphatic rings. The highest BCUT2D eigenvalue weighted by Crippen LogP contribution is 2.31. The van der Waals surface area contributed by atoms with E-state index in [1.54, 1.807) is 23.1 Å². The average molecular weight is 676 g/mol. The summed E-state index contributed by atoms with van der Waals surface area (Å²) in [6.07, 6.45) is 1.67. The van der Waals surface area contributed by atoms with Gasteiger partial charge < -0.3 is 20.7 Å². The van der Waals surface area contributed by atoms with E-state index in [9.17, 15) is 23.2 Å². The number of hydrogen-bond donors (Lipinski definition) is 2. The number of nitrogens with zero attached hydrogens (tertiary/aromatic N) is 1. The van der Waals surface area contributed by atoms with Crippen LogP contribution in [0.5, 0.6) is 0 Å². The predicted octanol–water partition coefficient (Wildman–Crippen LogP) is 7.27. The van der Waals surface area contributed by atoms with Gasteiger partial charge in [0, 0.05) is 48.7 Å². The van der Waals surface area contributed by atoms with Crippen molar-refractivity contribution in [3.63, 3.8) is 0 Å². The van der Waals surface area contributed by atoms with Crippen LogP contribution in [0.3, 0.4) is 0 Å². The Balaban J connectivity index is 1.53. The van der Waals surface area contributed by atoms with Gasteiger partial charge in [0.2, 0.25) is 0 Å². The maximum absolute atomic E-state index is 14.0. The van der Waals surface area contributed by atoms with Crippen LogP contribution in [0.4, 0.5) is 8.78 Å². The van der Waals surface area contributed by atoms with Crippen LogP contribution in [0, 0.1) is 25.5 Å². The van der Waals surface area contributed by atoms with E-state index in [0.29, 0.717) is 35.6 Å². The van der Waals surface area contributed by atoms with Crippen molar-refractivity contribution in [3.05, 3.63) is 117 Å². The fourth-order valence-corrected chi connectivity index (χ4v) is 6.61. The third-order valence-electron chi connectivity index (χ3n) is 7.91. The van der Waals surface area contributed by atoms with E-state index < -0.39 is 29.7 Å². The number of nitrogens with two attached hydrogens (primary N) is 1. The van der Waals surface area contributed by atoms with Crippen molar-refractivity contribution < 1.29 is 27.9 Å². The Morgan fingerprint density at radius 2 is 1.62 bits per heavy atom. The van der Waals surface area contributed by atoms with E-state index >= 15 is 0 Å². The molecule has 0 spiro atoms. The summed E-state index contributed by atoms with van der Waals surface area (Å²) >= 11 is 1.43. The molecule has 7 nitrogen and oxygen atoms in total. The van der Waals surface area contributed by atoms with Crippen LogP contribution in [0.15, 0.2) is 66.7 Å². The minimum Gasteiger partial charge on any atom is -0.456 e. The molecule has 4 rings (SSSR count). The number of hydrogen-bond acceptors (Lipinski definition) is 7. The van der Waals surface area contributed by atoms with Crippen LogP contribution in [0.2, 0.25) is 0 Å². The van der Waals surface area contributed by atoms with Gasteiger partial charge in [0.05, 0.1) is 10.4 Å². The topological polar surface area (TPSA) is 102 Å². The fourth-order valence-electron chi connectivity index (χ4n) is 5.63. The zero-order valence-electron chi connectivity index (χ0n) is 27.9. The molecule has 3 aromatic carbocycles. The van der Waals surface area contributed by atoms with E-state index in [1.165, 1.54) is 23.5 Å². The molecule has 0 radical (unpaired) electrons. The molecule has 10 heteroatoms. The molecule has 2 atom stereocenters. The number of esters is 1. The fraction of sp³-hybridized carbons (Fsp3) is 0.342. The highest BCUT2D eigenvalue weighted by atomic mass is 32.1. The molecule has 48 heavy (non-hydrogen) atoms. The molecule has 0 aliphatic heterocycles. The lowest BCUT2D eigenvalue weighted by molar-refractivity contribution is 0.0238. The van der Waals surface area contributed by atoms with Crippen molar-refractivity contribution in [2.45, 2.75) is 65.6 Å². The molecule has 254 valence electrons. The normalized spacial score (nSPS) is 12.4. The molecule has 0 saturated heterocycles. The van der Waals surface area contributed by atoms with E-state index in [0.717, 1.165) is 52.3 Å². The van der Waals surface area contributed by atoms with Gasteiger partial charge in [-0.25, -0.2) is 13.6 Å². The lowest BCUT2D eigenvalue weighted by Gasteiger charge is -2.25. The molecule has 1 amide bonds. The molecule has 0 unspecified atom stereocenters. The average Bonchev–Trinajstić information content (AvgIpc) is 3.43. The summed E-state index contributed by atoms with van der Waals surface area (Å²) in [5.41, 5.74) is 11.1. The molecule has 0 fully saturated rings. The van der Waals surface area contributed by atoms with Crippen LogP contribution in [-0.2, 0) is 17.7 Å². The number of amides is 1.